The number of hydrogen-bond acceptors (Lipinski definition) is 6. The van der Waals surface area contributed by atoms with Crippen LogP contribution in [0.15, 0.2) is 24.3 Å². The summed E-state index contributed by atoms with van der Waals surface area (Å²) in [5.74, 6) is 7.16. The molecule has 21 heavy (non-hydrogen) atoms. The molecule has 0 atom stereocenters. The topological polar surface area (TPSA) is 99.6 Å². The number of rotatable bonds is 5. The van der Waals surface area contributed by atoms with E-state index in [1.807, 2.05) is 6.92 Å². The fraction of sp³-hybridized carbons (Fsp3) is 0.214. The van der Waals surface area contributed by atoms with Crippen LogP contribution in [-0.4, -0.2) is 9.97 Å². The Balaban J connectivity index is 2.37. The Morgan fingerprint density at radius 2 is 2.05 bits per heavy atom. The van der Waals surface area contributed by atoms with Crippen molar-refractivity contribution in [2.45, 2.75) is 19.8 Å². The highest BCUT2D eigenvalue weighted by Gasteiger charge is 2.07. The molecule has 0 bridgehead atoms. The van der Waals surface area contributed by atoms with Gasteiger partial charge in [-0.2, -0.15) is 5.26 Å². The Bertz CT molecular complexity index is 680. The van der Waals surface area contributed by atoms with Crippen molar-refractivity contribution in [3.8, 4) is 6.07 Å². The predicted octanol–water partition coefficient (Wildman–Crippen LogP) is 2.98. The van der Waals surface area contributed by atoms with E-state index in [0.717, 1.165) is 12.8 Å². The van der Waals surface area contributed by atoms with Gasteiger partial charge < -0.3 is 10.7 Å². The zero-order valence-corrected chi connectivity index (χ0v) is 12.3. The molecule has 6 nitrogen and oxygen atoms in total. The fourth-order valence-electron chi connectivity index (χ4n) is 1.83. The molecule has 0 saturated heterocycles. The molecule has 0 unspecified atom stereocenters. The lowest BCUT2D eigenvalue weighted by Gasteiger charge is -2.11. The highest BCUT2D eigenvalue weighted by Crippen LogP contribution is 2.24. The molecule has 0 fully saturated rings. The minimum absolute atomic E-state index is 0.484. The summed E-state index contributed by atoms with van der Waals surface area (Å²) in [6.45, 7) is 2.05. The first-order valence-electron chi connectivity index (χ1n) is 6.47. The minimum atomic E-state index is 0.484. The molecular formula is C14H15ClN6. The number of aryl methyl sites for hydroxylation is 1. The Morgan fingerprint density at radius 1 is 1.29 bits per heavy atom. The maximum Gasteiger partial charge on any atom is 0.145 e. The van der Waals surface area contributed by atoms with Crippen molar-refractivity contribution in [3.05, 3.63) is 40.7 Å². The van der Waals surface area contributed by atoms with Crippen molar-refractivity contribution in [3.63, 3.8) is 0 Å². The third-order valence-electron chi connectivity index (χ3n) is 2.76. The van der Waals surface area contributed by atoms with Crippen molar-refractivity contribution in [2.24, 2.45) is 5.84 Å². The van der Waals surface area contributed by atoms with Crippen LogP contribution < -0.4 is 16.6 Å². The van der Waals surface area contributed by atoms with Crippen LogP contribution in [0.1, 0.15) is 24.7 Å². The van der Waals surface area contributed by atoms with Gasteiger partial charge in [0.1, 0.15) is 23.5 Å². The van der Waals surface area contributed by atoms with Crippen LogP contribution in [0.25, 0.3) is 0 Å². The number of aromatic nitrogens is 2. The molecule has 0 aliphatic rings. The number of hydrazine groups is 1. The monoisotopic (exact) mass is 302 g/mol. The lowest BCUT2D eigenvalue weighted by Crippen LogP contribution is -2.11. The van der Waals surface area contributed by atoms with Gasteiger partial charge in [-0.25, -0.2) is 15.8 Å². The number of nitrogens with zero attached hydrogens (tertiary/aromatic N) is 3. The van der Waals surface area contributed by atoms with Crippen LogP contribution in [0.5, 0.6) is 0 Å². The molecule has 4 N–H and O–H groups in total. The van der Waals surface area contributed by atoms with Crippen LogP contribution >= 0.6 is 11.6 Å². The van der Waals surface area contributed by atoms with Gasteiger partial charge in [0.2, 0.25) is 0 Å². The van der Waals surface area contributed by atoms with Gasteiger partial charge >= 0.3 is 0 Å². The average Bonchev–Trinajstić information content (AvgIpc) is 2.47. The minimum Gasteiger partial charge on any atom is -0.339 e. The van der Waals surface area contributed by atoms with E-state index in [-0.39, 0.29) is 0 Å². The SMILES string of the molecule is CCCc1nc(NN)cc(Nc2cc(Cl)ccc2C#N)n1. The molecule has 0 saturated carbocycles. The Kier molecular flexibility index (Phi) is 4.93. The number of nitrogens with one attached hydrogen (secondary N) is 2. The quantitative estimate of drug-likeness (QED) is 0.580. The summed E-state index contributed by atoms with van der Waals surface area (Å²) in [5.41, 5.74) is 3.59. The smallest absolute Gasteiger partial charge is 0.145 e. The van der Waals surface area contributed by atoms with E-state index in [0.29, 0.717) is 33.7 Å². The number of benzene rings is 1. The first-order valence-corrected chi connectivity index (χ1v) is 6.85. The van der Waals surface area contributed by atoms with Crippen molar-refractivity contribution in [1.29, 1.82) is 5.26 Å². The molecule has 0 aliphatic carbocycles. The van der Waals surface area contributed by atoms with Crippen molar-refractivity contribution >= 4 is 28.9 Å². The first-order chi connectivity index (χ1) is 10.2. The predicted molar refractivity (Wildman–Crippen MR) is 83.3 cm³/mol. The van der Waals surface area contributed by atoms with Crippen molar-refractivity contribution in [2.75, 3.05) is 10.7 Å². The second-order valence-corrected chi connectivity index (χ2v) is 4.81. The van der Waals surface area contributed by atoms with Crippen LogP contribution in [-0.2, 0) is 6.42 Å². The largest absolute Gasteiger partial charge is 0.339 e. The summed E-state index contributed by atoms with van der Waals surface area (Å²) >= 11 is 5.97. The molecule has 2 aromatic rings. The van der Waals surface area contributed by atoms with Crippen LogP contribution in [0.4, 0.5) is 17.3 Å². The van der Waals surface area contributed by atoms with Gasteiger partial charge in [-0.05, 0) is 24.6 Å². The fourth-order valence-corrected chi connectivity index (χ4v) is 2.00. The molecule has 0 spiro atoms. The maximum absolute atomic E-state index is 9.13. The molecule has 0 aliphatic heterocycles. The Hall–Kier alpha value is -2.36. The van der Waals surface area contributed by atoms with E-state index >= 15 is 0 Å². The number of hydrogen-bond donors (Lipinski definition) is 3. The van der Waals surface area contributed by atoms with Crippen LogP contribution in [0.2, 0.25) is 5.02 Å². The van der Waals surface area contributed by atoms with E-state index in [9.17, 15) is 0 Å². The van der Waals surface area contributed by atoms with E-state index in [1.165, 1.54) is 0 Å². The summed E-state index contributed by atoms with van der Waals surface area (Å²) in [6, 6.07) is 8.77. The van der Waals surface area contributed by atoms with Crippen LogP contribution in [0.3, 0.4) is 0 Å². The van der Waals surface area contributed by atoms with Gasteiger partial charge in [0.25, 0.3) is 0 Å². The molecule has 1 aromatic carbocycles. The maximum atomic E-state index is 9.13. The Morgan fingerprint density at radius 3 is 2.71 bits per heavy atom. The third-order valence-corrected chi connectivity index (χ3v) is 2.99. The van der Waals surface area contributed by atoms with Crippen molar-refractivity contribution < 1.29 is 0 Å². The third kappa shape index (κ3) is 3.81. The van der Waals surface area contributed by atoms with E-state index < -0.39 is 0 Å². The molecule has 0 radical (unpaired) electrons. The Labute approximate surface area is 127 Å². The molecular weight excluding hydrogens is 288 g/mol. The molecule has 1 aromatic heterocycles. The second kappa shape index (κ2) is 6.88. The van der Waals surface area contributed by atoms with E-state index in [4.69, 9.17) is 22.7 Å². The summed E-state index contributed by atoms with van der Waals surface area (Å²) in [5, 5.41) is 12.8. The highest BCUT2D eigenvalue weighted by atomic mass is 35.5. The summed E-state index contributed by atoms with van der Waals surface area (Å²) < 4.78 is 0. The summed E-state index contributed by atoms with van der Waals surface area (Å²) in [6.07, 6.45) is 1.67. The summed E-state index contributed by atoms with van der Waals surface area (Å²) in [4.78, 5) is 8.67. The van der Waals surface area contributed by atoms with Crippen molar-refractivity contribution in [1.82, 2.24) is 9.97 Å². The van der Waals surface area contributed by atoms with Gasteiger partial charge in [-0.1, -0.05) is 18.5 Å². The van der Waals surface area contributed by atoms with Crippen LogP contribution in [0, 0.1) is 11.3 Å². The standard InChI is InChI=1S/C14H15ClN6/c1-2-3-12-19-13(7-14(20-12)21-17)18-11-6-10(15)5-4-9(11)8-16/h4-7H,2-3,17H2,1H3,(H2,18,19,20,21). The number of anilines is 3. The molecule has 1 heterocycles. The second-order valence-electron chi connectivity index (χ2n) is 4.38. The lowest BCUT2D eigenvalue weighted by atomic mass is 10.2. The molecule has 0 amide bonds. The first kappa shape index (κ1) is 15.0. The van der Waals surface area contributed by atoms with Gasteiger partial charge in [0.15, 0.2) is 0 Å². The average molecular weight is 303 g/mol. The molecule has 108 valence electrons. The van der Waals surface area contributed by atoms with Gasteiger partial charge in [0, 0.05) is 17.5 Å². The van der Waals surface area contributed by atoms with E-state index in [1.54, 1.807) is 24.3 Å². The van der Waals surface area contributed by atoms with E-state index in [2.05, 4.69) is 26.8 Å². The number of nitriles is 1. The molecule has 7 heteroatoms. The van der Waals surface area contributed by atoms with Gasteiger partial charge in [0.05, 0.1) is 11.3 Å². The number of halogens is 1. The summed E-state index contributed by atoms with van der Waals surface area (Å²) in [7, 11) is 0. The highest BCUT2D eigenvalue weighted by molar-refractivity contribution is 6.30. The number of nitrogen functional groups attached to an aromatic ring is 1. The lowest BCUT2D eigenvalue weighted by molar-refractivity contribution is 0.837. The van der Waals surface area contributed by atoms with Gasteiger partial charge in [-0.3, -0.25) is 0 Å². The zero-order chi connectivity index (χ0) is 15.2. The zero-order valence-electron chi connectivity index (χ0n) is 11.5. The molecule has 2 rings (SSSR count). The van der Waals surface area contributed by atoms with Gasteiger partial charge in [-0.15, -0.1) is 0 Å². The number of nitrogens with two attached hydrogens (primary N) is 1. The normalized spacial score (nSPS) is 10.0.